The van der Waals surface area contributed by atoms with E-state index in [2.05, 4.69) is 10.3 Å². The number of nitrogens with two attached hydrogens (primary N) is 1. The van der Waals surface area contributed by atoms with Crippen LogP contribution in [-0.4, -0.2) is 16.6 Å². The van der Waals surface area contributed by atoms with E-state index < -0.39 is 0 Å². The molecule has 0 fully saturated rings. The first-order valence-electron chi connectivity index (χ1n) is 5.95. The van der Waals surface area contributed by atoms with Crippen LogP contribution < -0.4 is 15.8 Å². The van der Waals surface area contributed by atoms with Crippen LogP contribution in [0.4, 0.5) is 11.5 Å². The van der Waals surface area contributed by atoms with Gasteiger partial charge in [0.15, 0.2) is 0 Å². The number of benzene rings is 1. The number of hydrogen-bond donors (Lipinski definition) is 2. The van der Waals surface area contributed by atoms with Crippen LogP contribution in [0, 0.1) is 0 Å². The van der Waals surface area contributed by atoms with Gasteiger partial charge in [-0.15, -0.1) is 0 Å². The summed E-state index contributed by atoms with van der Waals surface area (Å²) in [6, 6.07) is 11.4. The summed E-state index contributed by atoms with van der Waals surface area (Å²) in [5.41, 5.74) is 7.20. The Balaban J connectivity index is 2.12. The number of nitrogens with one attached hydrogen (secondary N) is 1. The van der Waals surface area contributed by atoms with Crippen molar-refractivity contribution < 1.29 is 4.74 Å². The number of pyridine rings is 1. The summed E-state index contributed by atoms with van der Waals surface area (Å²) in [5, 5.41) is 3.19. The normalized spacial score (nSPS) is 9.95. The van der Waals surface area contributed by atoms with Crippen molar-refractivity contribution in [2.75, 3.05) is 11.9 Å². The van der Waals surface area contributed by atoms with Crippen molar-refractivity contribution in [2.24, 2.45) is 5.73 Å². The van der Waals surface area contributed by atoms with Crippen molar-refractivity contribution in [2.45, 2.75) is 6.92 Å². The molecule has 0 unspecified atom stereocenters. The third-order valence-electron chi connectivity index (χ3n) is 2.47. The molecular weight excluding hydrogens is 258 g/mol. The minimum absolute atomic E-state index is 0.345. The quantitative estimate of drug-likeness (QED) is 0.820. The van der Waals surface area contributed by atoms with E-state index in [-0.39, 0.29) is 0 Å². The topological polar surface area (TPSA) is 60.2 Å². The van der Waals surface area contributed by atoms with Crippen LogP contribution in [0.3, 0.4) is 0 Å². The first kappa shape index (κ1) is 13.3. The molecule has 2 aromatic rings. The zero-order valence-electron chi connectivity index (χ0n) is 10.6. The number of anilines is 2. The van der Waals surface area contributed by atoms with Crippen LogP contribution in [0.1, 0.15) is 12.5 Å². The van der Waals surface area contributed by atoms with E-state index in [1.807, 2.05) is 43.3 Å². The van der Waals surface area contributed by atoms with Crippen LogP contribution in [0.2, 0.25) is 0 Å². The highest BCUT2D eigenvalue weighted by Crippen LogP contribution is 2.20. The van der Waals surface area contributed by atoms with E-state index in [0.29, 0.717) is 11.6 Å². The molecule has 0 saturated carbocycles. The third-order valence-corrected chi connectivity index (χ3v) is 2.70. The lowest BCUT2D eigenvalue weighted by Gasteiger charge is -2.08. The summed E-state index contributed by atoms with van der Waals surface area (Å²) in [7, 11) is 0. The molecule has 0 aliphatic rings. The molecule has 3 N–H and O–H groups in total. The number of hydrogen-bond acceptors (Lipinski definition) is 4. The Kier molecular flexibility index (Phi) is 4.30. The molecule has 0 atom stereocenters. The summed E-state index contributed by atoms with van der Waals surface area (Å²) >= 11 is 4.88. The molecule has 0 radical (unpaired) electrons. The van der Waals surface area contributed by atoms with Crippen LogP contribution >= 0.6 is 12.2 Å². The van der Waals surface area contributed by atoms with Gasteiger partial charge in [-0.05, 0) is 31.2 Å². The van der Waals surface area contributed by atoms with Crippen LogP contribution in [0.25, 0.3) is 0 Å². The number of nitrogens with zero attached hydrogens (tertiary/aromatic N) is 1. The first-order valence-corrected chi connectivity index (χ1v) is 6.35. The predicted molar refractivity (Wildman–Crippen MR) is 81.0 cm³/mol. The fraction of sp³-hybridized carbons (Fsp3) is 0.143. The van der Waals surface area contributed by atoms with Gasteiger partial charge in [0.1, 0.15) is 16.6 Å². The molecule has 1 heterocycles. The molecule has 2 rings (SSSR count). The molecule has 1 aromatic carbocycles. The van der Waals surface area contributed by atoms with Gasteiger partial charge in [0.05, 0.1) is 6.61 Å². The molecule has 4 nitrogen and oxygen atoms in total. The van der Waals surface area contributed by atoms with Crippen molar-refractivity contribution in [3.8, 4) is 5.75 Å². The Hall–Kier alpha value is -2.14. The monoisotopic (exact) mass is 273 g/mol. The molecule has 0 bridgehead atoms. The maximum Gasteiger partial charge on any atom is 0.130 e. The van der Waals surface area contributed by atoms with Gasteiger partial charge >= 0.3 is 0 Å². The highest BCUT2D eigenvalue weighted by molar-refractivity contribution is 7.80. The summed E-state index contributed by atoms with van der Waals surface area (Å²) < 4.78 is 5.44. The van der Waals surface area contributed by atoms with Gasteiger partial charge < -0.3 is 15.8 Å². The standard InChI is InChI=1S/C14H15N3OS/c1-2-18-12-5-3-4-11(8-12)17-13-7-6-10(9-16-13)14(15)19/h3-9H,2H2,1H3,(H2,15,19)(H,16,17). The summed E-state index contributed by atoms with van der Waals surface area (Å²) in [6.07, 6.45) is 1.65. The van der Waals surface area contributed by atoms with Gasteiger partial charge in [0.2, 0.25) is 0 Å². The molecule has 0 aliphatic carbocycles. The largest absolute Gasteiger partial charge is 0.494 e. The highest BCUT2D eigenvalue weighted by atomic mass is 32.1. The molecule has 0 amide bonds. The molecule has 0 saturated heterocycles. The second kappa shape index (κ2) is 6.15. The molecule has 1 aromatic heterocycles. The lowest BCUT2D eigenvalue weighted by Crippen LogP contribution is -2.09. The Morgan fingerprint density at radius 1 is 1.37 bits per heavy atom. The molecular formula is C14H15N3OS. The molecule has 98 valence electrons. The predicted octanol–water partition coefficient (Wildman–Crippen LogP) is 2.86. The maximum atomic E-state index is 5.52. The van der Waals surface area contributed by atoms with E-state index in [4.69, 9.17) is 22.7 Å². The van der Waals surface area contributed by atoms with Gasteiger partial charge in [0.25, 0.3) is 0 Å². The molecule has 0 aliphatic heterocycles. The van der Waals surface area contributed by atoms with E-state index in [1.54, 1.807) is 6.20 Å². The Morgan fingerprint density at radius 2 is 2.21 bits per heavy atom. The zero-order valence-corrected chi connectivity index (χ0v) is 11.4. The Morgan fingerprint density at radius 3 is 2.84 bits per heavy atom. The SMILES string of the molecule is CCOc1cccc(Nc2ccc(C(N)=S)cn2)c1. The number of rotatable bonds is 5. The van der Waals surface area contributed by atoms with Crippen molar-refractivity contribution in [3.63, 3.8) is 0 Å². The van der Waals surface area contributed by atoms with Crippen LogP contribution in [0.5, 0.6) is 5.75 Å². The van der Waals surface area contributed by atoms with Gasteiger partial charge in [0, 0.05) is 23.5 Å². The number of ether oxygens (including phenoxy) is 1. The second-order valence-electron chi connectivity index (χ2n) is 3.88. The van der Waals surface area contributed by atoms with Crippen LogP contribution in [-0.2, 0) is 0 Å². The fourth-order valence-electron chi connectivity index (χ4n) is 1.59. The smallest absolute Gasteiger partial charge is 0.130 e. The summed E-state index contributed by atoms with van der Waals surface area (Å²) in [4.78, 5) is 4.60. The Labute approximate surface area is 117 Å². The van der Waals surface area contributed by atoms with Crippen molar-refractivity contribution in [1.82, 2.24) is 4.98 Å². The second-order valence-corrected chi connectivity index (χ2v) is 4.32. The summed E-state index contributed by atoms with van der Waals surface area (Å²) in [6.45, 7) is 2.60. The summed E-state index contributed by atoms with van der Waals surface area (Å²) in [5.74, 6) is 1.56. The minimum Gasteiger partial charge on any atom is -0.494 e. The first-order chi connectivity index (χ1) is 9.19. The average molecular weight is 273 g/mol. The van der Waals surface area contributed by atoms with Gasteiger partial charge in [-0.25, -0.2) is 4.98 Å². The van der Waals surface area contributed by atoms with E-state index in [9.17, 15) is 0 Å². The fourth-order valence-corrected chi connectivity index (χ4v) is 1.71. The maximum absolute atomic E-state index is 5.52. The van der Waals surface area contributed by atoms with E-state index >= 15 is 0 Å². The van der Waals surface area contributed by atoms with Gasteiger partial charge in [-0.1, -0.05) is 18.3 Å². The molecule has 5 heteroatoms. The highest BCUT2D eigenvalue weighted by Gasteiger charge is 2.00. The zero-order chi connectivity index (χ0) is 13.7. The average Bonchev–Trinajstić information content (AvgIpc) is 2.40. The lowest BCUT2D eigenvalue weighted by atomic mass is 10.2. The van der Waals surface area contributed by atoms with Crippen molar-refractivity contribution >= 4 is 28.7 Å². The van der Waals surface area contributed by atoms with Crippen LogP contribution in [0.15, 0.2) is 42.6 Å². The minimum atomic E-state index is 0.345. The Bertz CT molecular complexity index is 569. The lowest BCUT2D eigenvalue weighted by molar-refractivity contribution is 0.340. The van der Waals surface area contributed by atoms with Crippen molar-refractivity contribution in [1.29, 1.82) is 0 Å². The van der Waals surface area contributed by atoms with Gasteiger partial charge in [-0.3, -0.25) is 0 Å². The molecule has 19 heavy (non-hydrogen) atoms. The third kappa shape index (κ3) is 3.66. The number of thiocarbonyl (C=S) groups is 1. The number of aromatic nitrogens is 1. The van der Waals surface area contributed by atoms with E-state index in [1.165, 1.54) is 0 Å². The van der Waals surface area contributed by atoms with Gasteiger partial charge in [-0.2, -0.15) is 0 Å². The van der Waals surface area contributed by atoms with Crippen molar-refractivity contribution in [3.05, 3.63) is 48.2 Å². The van der Waals surface area contributed by atoms with E-state index in [0.717, 1.165) is 22.8 Å². The molecule has 0 spiro atoms.